The highest BCUT2D eigenvalue weighted by Crippen LogP contribution is 2.37. The van der Waals surface area contributed by atoms with Crippen LogP contribution in [0.2, 0.25) is 5.02 Å². The minimum Gasteiger partial charge on any atom is -0.450 e. The van der Waals surface area contributed by atoms with Crippen LogP contribution in [0, 0.1) is 5.92 Å². The number of hydrogen-bond acceptors (Lipinski definition) is 6. The van der Waals surface area contributed by atoms with Crippen LogP contribution >= 0.6 is 11.6 Å². The van der Waals surface area contributed by atoms with Gasteiger partial charge in [-0.05, 0) is 87.4 Å². The Hall–Kier alpha value is -3.46. The number of halogens is 1. The van der Waals surface area contributed by atoms with Crippen LogP contribution in [0.5, 0.6) is 0 Å². The molecule has 3 aromatic rings. The number of carbonyl (C=O) groups excluding carboxylic acids is 2. The number of nitrogens with one attached hydrogen (secondary N) is 1. The SMILES string of the molecule is CCOC(=O)N1CCC(C(=O)NCC(CCCN2CCC(O)(c3ccc(Cl)cc3)CC2)(c2ccccc2)c2ccccn2)CC1. The number of likely N-dealkylation sites (tertiary alicyclic amines) is 2. The lowest BCUT2D eigenvalue weighted by molar-refractivity contribution is -0.126. The highest BCUT2D eigenvalue weighted by Gasteiger charge is 2.38. The zero-order valence-electron chi connectivity index (χ0n) is 26.2. The van der Waals surface area contributed by atoms with E-state index in [2.05, 4.69) is 28.4 Å². The summed E-state index contributed by atoms with van der Waals surface area (Å²) in [6, 6.07) is 23.9. The molecule has 3 heterocycles. The second-order valence-electron chi connectivity index (χ2n) is 12.3. The van der Waals surface area contributed by atoms with E-state index < -0.39 is 11.0 Å². The molecule has 2 amide bonds. The number of pyridine rings is 1. The molecule has 0 radical (unpaired) electrons. The van der Waals surface area contributed by atoms with E-state index in [1.807, 2.05) is 60.8 Å². The molecule has 0 bridgehead atoms. The van der Waals surface area contributed by atoms with Crippen LogP contribution in [0.15, 0.2) is 79.0 Å². The molecule has 9 heteroatoms. The summed E-state index contributed by atoms with van der Waals surface area (Å²) in [5.41, 5.74) is 1.64. The number of ether oxygens (including phenoxy) is 1. The number of hydrogen-bond donors (Lipinski definition) is 2. The molecule has 2 fully saturated rings. The Morgan fingerprint density at radius 3 is 2.33 bits per heavy atom. The van der Waals surface area contributed by atoms with E-state index in [0.717, 1.165) is 49.3 Å². The maximum Gasteiger partial charge on any atom is 0.409 e. The number of piperidine rings is 2. The fraction of sp³-hybridized carbons (Fsp3) is 0.472. The summed E-state index contributed by atoms with van der Waals surface area (Å²) in [6.45, 7) is 6.11. The molecule has 1 aromatic heterocycles. The van der Waals surface area contributed by atoms with Gasteiger partial charge in [0.25, 0.3) is 0 Å². The fourth-order valence-electron chi connectivity index (χ4n) is 6.83. The van der Waals surface area contributed by atoms with Crippen molar-refractivity contribution in [3.8, 4) is 0 Å². The fourth-order valence-corrected chi connectivity index (χ4v) is 6.95. The van der Waals surface area contributed by atoms with Crippen molar-refractivity contribution in [3.63, 3.8) is 0 Å². The predicted molar refractivity (Wildman–Crippen MR) is 176 cm³/mol. The first kappa shape index (κ1) is 32.9. The van der Waals surface area contributed by atoms with E-state index in [-0.39, 0.29) is 17.9 Å². The first-order valence-electron chi connectivity index (χ1n) is 16.2. The second-order valence-corrected chi connectivity index (χ2v) is 12.8. The van der Waals surface area contributed by atoms with Gasteiger partial charge in [0.05, 0.1) is 23.3 Å². The summed E-state index contributed by atoms with van der Waals surface area (Å²) >= 11 is 6.07. The molecule has 240 valence electrons. The summed E-state index contributed by atoms with van der Waals surface area (Å²) in [6.07, 6.45) is 5.79. The van der Waals surface area contributed by atoms with Crippen LogP contribution in [-0.4, -0.2) is 77.8 Å². The van der Waals surface area contributed by atoms with Crippen LogP contribution < -0.4 is 5.32 Å². The van der Waals surface area contributed by atoms with Crippen molar-refractivity contribution in [1.29, 1.82) is 0 Å². The van der Waals surface area contributed by atoms with Crippen LogP contribution in [0.4, 0.5) is 4.79 Å². The maximum absolute atomic E-state index is 13.5. The Labute approximate surface area is 271 Å². The van der Waals surface area contributed by atoms with Crippen molar-refractivity contribution in [2.75, 3.05) is 45.9 Å². The van der Waals surface area contributed by atoms with Gasteiger partial charge in [-0.15, -0.1) is 0 Å². The molecular weight excluding hydrogens is 588 g/mol. The van der Waals surface area contributed by atoms with Gasteiger partial charge in [-0.25, -0.2) is 4.79 Å². The molecule has 0 aliphatic carbocycles. The Morgan fingerprint density at radius 1 is 1.00 bits per heavy atom. The standard InChI is InChI=1S/C36H45ClN4O4/c1-2-45-34(43)41-23-16-28(17-24-41)33(42)39-27-35(29-9-4-3-5-10-29,32-11-6-7-21-38-32)18-8-22-40-25-19-36(44,20-26-40)30-12-14-31(37)15-13-30/h3-7,9-15,21,28,44H,2,8,16-20,22-27H2,1H3,(H,39,42). The third-order valence-corrected chi connectivity index (χ3v) is 9.83. The molecule has 1 unspecified atom stereocenters. The zero-order valence-corrected chi connectivity index (χ0v) is 26.9. The highest BCUT2D eigenvalue weighted by atomic mass is 35.5. The van der Waals surface area contributed by atoms with Crippen molar-refractivity contribution in [2.45, 2.75) is 56.5 Å². The molecular formula is C36H45ClN4O4. The molecule has 2 N–H and O–H groups in total. The topological polar surface area (TPSA) is 95.0 Å². The number of nitrogens with zero attached hydrogens (tertiary/aromatic N) is 3. The highest BCUT2D eigenvalue weighted by molar-refractivity contribution is 6.30. The second kappa shape index (κ2) is 15.2. The molecule has 2 aliphatic rings. The van der Waals surface area contributed by atoms with E-state index in [0.29, 0.717) is 56.9 Å². The first-order chi connectivity index (χ1) is 21.8. The van der Waals surface area contributed by atoms with Crippen molar-refractivity contribution < 1.29 is 19.4 Å². The molecule has 2 aromatic carbocycles. The molecule has 8 nitrogen and oxygen atoms in total. The lowest BCUT2D eigenvalue weighted by Gasteiger charge is -2.40. The number of aromatic nitrogens is 1. The van der Waals surface area contributed by atoms with Gasteiger partial charge in [-0.2, -0.15) is 0 Å². The van der Waals surface area contributed by atoms with Crippen molar-refractivity contribution in [1.82, 2.24) is 20.1 Å². The van der Waals surface area contributed by atoms with Gasteiger partial charge in [0, 0.05) is 49.9 Å². The Kier molecular flexibility index (Phi) is 11.1. The van der Waals surface area contributed by atoms with Gasteiger partial charge < -0.3 is 25.0 Å². The quantitative estimate of drug-likeness (QED) is 0.279. The average Bonchev–Trinajstić information content (AvgIpc) is 3.08. The molecule has 0 saturated carbocycles. The largest absolute Gasteiger partial charge is 0.450 e. The van der Waals surface area contributed by atoms with Gasteiger partial charge in [0.2, 0.25) is 5.91 Å². The number of benzene rings is 2. The molecule has 5 rings (SSSR count). The lowest BCUT2D eigenvalue weighted by Crippen LogP contribution is -2.47. The maximum atomic E-state index is 13.5. The number of carbonyl (C=O) groups is 2. The van der Waals surface area contributed by atoms with Gasteiger partial charge in [-0.3, -0.25) is 9.78 Å². The van der Waals surface area contributed by atoms with Crippen LogP contribution in [0.3, 0.4) is 0 Å². The average molecular weight is 633 g/mol. The number of aliphatic hydroxyl groups is 1. The normalized spacial score (nSPS) is 18.6. The first-order valence-corrected chi connectivity index (χ1v) is 16.6. The molecule has 2 saturated heterocycles. The van der Waals surface area contributed by atoms with E-state index in [1.165, 1.54) is 0 Å². The minimum absolute atomic E-state index is 0.0206. The third kappa shape index (κ3) is 8.04. The zero-order chi connectivity index (χ0) is 31.7. The summed E-state index contributed by atoms with van der Waals surface area (Å²) in [5, 5.41) is 15.3. The summed E-state index contributed by atoms with van der Waals surface area (Å²) in [7, 11) is 0. The number of amides is 2. The molecule has 2 aliphatic heterocycles. The van der Waals surface area contributed by atoms with Crippen LogP contribution in [0.25, 0.3) is 0 Å². The van der Waals surface area contributed by atoms with E-state index in [1.54, 1.807) is 11.8 Å². The summed E-state index contributed by atoms with van der Waals surface area (Å²) < 4.78 is 5.14. The van der Waals surface area contributed by atoms with Gasteiger partial charge in [-0.1, -0.05) is 60.1 Å². The van der Waals surface area contributed by atoms with E-state index in [4.69, 9.17) is 21.3 Å². The summed E-state index contributed by atoms with van der Waals surface area (Å²) in [4.78, 5) is 34.6. The van der Waals surface area contributed by atoms with Crippen LogP contribution in [-0.2, 0) is 20.5 Å². The number of rotatable bonds is 11. The van der Waals surface area contributed by atoms with Gasteiger partial charge in [0.1, 0.15) is 0 Å². The molecule has 0 spiro atoms. The van der Waals surface area contributed by atoms with Crippen molar-refractivity contribution in [2.24, 2.45) is 5.92 Å². The van der Waals surface area contributed by atoms with E-state index in [9.17, 15) is 14.7 Å². The molecule has 45 heavy (non-hydrogen) atoms. The van der Waals surface area contributed by atoms with Crippen molar-refractivity contribution >= 4 is 23.6 Å². The predicted octanol–water partition coefficient (Wildman–Crippen LogP) is 5.77. The molecule has 1 atom stereocenters. The monoisotopic (exact) mass is 632 g/mol. The van der Waals surface area contributed by atoms with Crippen molar-refractivity contribution in [3.05, 3.63) is 101 Å². The van der Waals surface area contributed by atoms with E-state index >= 15 is 0 Å². The third-order valence-electron chi connectivity index (χ3n) is 9.58. The Balaban J connectivity index is 1.26. The Bertz CT molecular complexity index is 1330. The Morgan fingerprint density at radius 2 is 1.69 bits per heavy atom. The van der Waals surface area contributed by atoms with Crippen LogP contribution in [0.1, 0.15) is 62.3 Å². The van der Waals surface area contributed by atoms with Gasteiger partial charge >= 0.3 is 6.09 Å². The lowest BCUT2D eigenvalue weighted by atomic mass is 9.73. The minimum atomic E-state index is -0.834. The van der Waals surface area contributed by atoms with Gasteiger partial charge in [0.15, 0.2) is 0 Å². The summed E-state index contributed by atoms with van der Waals surface area (Å²) in [5.74, 6) is -0.132. The smallest absolute Gasteiger partial charge is 0.409 e.